The van der Waals surface area contributed by atoms with Crippen LogP contribution in [0, 0.1) is 5.82 Å². The summed E-state index contributed by atoms with van der Waals surface area (Å²) < 4.78 is 52.8. The van der Waals surface area contributed by atoms with Crippen molar-refractivity contribution in [2.45, 2.75) is 38.0 Å². The molecule has 0 aromatic heterocycles. The summed E-state index contributed by atoms with van der Waals surface area (Å²) in [5.41, 5.74) is -0.405. The van der Waals surface area contributed by atoms with Gasteiger partial charge in [0, 0.05) is 19.1 Å². The second kappa shape index (κ2) is 8.03. The van der Waals surface area contributed by atoms with Crippen LogP contribution in [0.3, 0.4) is 0 Å². The molecule has 1 aromatic carbocycles. The van der Waals surface area contributed by atoms with Crippen molar-refractivity contribution in [3.05, 3.63) is 35.6 Å². The molecule has 1 aliphatic rings. The van der Waals surface area contributed by atoms with Gasteiger partial charge in [-0.25, -0.2) is 4.39 Å². The minimum Gasteiger partial charge on any atom is -0.480 e. The zero-order chi connectivity index (χ0) is 19.5. The number of nitrogens with zero attached hydrogens (tertiary/aromatic N) is 2. The van der Waals surface area contributed by atoms with E-state index in [1.54, 1.807) is 4.90 Å². The molecule has 0 unspecified atom stereocenters. The molecular formula is C17H20F4N2O3. The summed E-state index contributed by atoms with van der Waals surface area (Å²) in [6.07, 6.45) is -4.24. The molecule has 0 radical (unpaired) electrons. The first-order valence-corrected chi connectivity index (χ1v) is 8.19. The maximum absolute atomic E-state index is 13.9. The van der Waals surface area contributed by atoms with Gasteiger partial charge in [0.25, 0.3) is 5.91 Å². The van der Waals surface area contributed by atoms with Gasteiger partial charge in [-0.05, 0) is 31.9 Å². The third-order valence-electron chi connectivity index (χ3n) is 4.56. The Morgan fingerprint density at radius 3 is 2.35 bits per heavy atom. The van der Waals surface area contributed by atoms with Crippen LogP contribution >= 0.6 is 0 Å². The van der Waals surface area contributed by atoms with Gasteiger partial charge in [0.1, 0.15) is 18.4 Å². The monoisotopic (exact) mass is 376 g/mol. The molecule has 0 aliphatic carbocycles. The molecule has 5 nitrogen and oxygen atoms in total. The van der Waals surface area contributed by atoms with Crippen LogP contribution in [-0.4, -0.2) is 64.7 Å². The van der Waals surface area contributed by atoms with E-state index >= 15 is 0 Å². The number of carbonyl (C=O) groups excluding carboxylic acids is 1. The van der Waals surface area contributed by atoms with Gasteiger partial charge in [0.15, 0.2) is 0 Å². The lowest BCUT2D eigenvalue weighted by atomic mass is 10.00. The number of alkyl halides is 3. The van der Waals surface area contributed by atoms with E-state index in [0.29, 0.717) is 4.90 Å². The number of carboxylic acids is 1. The summed E-state index contributed by atoms with van der Waals surface area (Å²) in [5.74, 6) is -2.90. The highest BCUT2D eigenvalue weighted by atomic mass is 19.4. The Kier molecular flexibility index (Phi) is 6.22. The van der Waals surface area contributed by atoms with Crippen molar-refractivity contribution in [3.8, 4) is 0 Å². The molecule has 0 spiro atoms. The molecule has 1 N–H and O–H groups in total. The summed E-state index contributed by atoms with van der Waals surface area (Å²) in [4.78, 5) is 25.9. The first-order valence-electron chi connectivity index (χ1n) is 8.19. The molecular weight excluding hydrogens is 356 g/mol. The zero-order valence-corrected chi connectivity index (χ0v) is 14.2. The predicted molar refractivity (Wildman–Crippen MR) is 85.2 cm³/mol. The van der Waals surface area contributed by atoms with Crippen LogP contribution in [0.4, 0.5) is 17.6 Å². The maximum Gasteiger partial charge on any atom is 0.406 e. The minimum atomic E-state index is -4.62. The Morgan fingerprint density at radius 2 is 1.85 bits per heavy atom. The second-order valence-corrected chi connectivity index (χ2v) is 6.31. The molecule has 1 heterocycles. The number of halogens is 4. The fourth-order valence-electron chi connectivity index (χ4n) is 3.09. The van der Waals surface area contributed by atoms with Crippen LogP contribution in [0.2, 0.25) is 0 Å². The van der Waals surface area contributed by atoms with Crippen molar-refractivity contribution in [3.63, 3.8) is 0 Å². The number of likely N-dealkylation sites (tertiary alicyclic amines) is 1. The van der Waals surface area contributed by atoms with Gasteiger partial charge in [-0.3, -0.25) is 14.5 Å². The number of hydrogen-bond acceptors (Lipinski definition) is 3. The smallest absolute Gasteiger partial charge is 0.406 e. The van der Waals surface area contributed by atoms with E-state index in [4.69, 9.17) is 5.11 Å². The Bertz CT molecular complexity index is 658. The first-order chi connectivity index (χ1) is 12.1. The molecule has 9 heteroatoms. The van der Waals surface area contributed by atoms with Crippen molar-refractivity contribution < 1.29 is 32.3 Å². The Labute approximate surface area is 148 Å². The molecule has 144 valence electrons. The van der Waals surface area contributed by atoms with E-state index in [1.165, 1.54) is 19.1 Å². The fraction of sp³-hybridized carbons (Fsp3) is 0.529. The van der Waals surface area contributed by atoms with Gasteiger partial charge in [-0.15, -0.1) is 0 Å². The lowest BCUT2D eigenvalue weighted by Gasteiger charge is -2.40. The van der Waals surface area contributed by atoms with Gasteiger partial charge < -0.3 is 10.0 Å². The number of hydrogen-bond donors (Lipinski definition) is 1. The van der Waals surface area contributed by atoms with Crippen LogP contribution in [0.25, 0.3) is 0 Å². The highest BCUT2D eigenvalue weighted by Gasteiger charge is 2.39. The van der Waals surface area contributed by atoms with Crippen LogP contribution in [0.5, 0.6) is 0 Å². The van der Waals surface area contributed by atoms with Crippen molar-refractivity contribution in [2.75, 3.05) is 19.6 Å². The number of aliphatic carboxylic acids is 1. The molecule has 1 aromatic rings. The molecule has 1 atom stereocenters. The van der Waals surface area contributed by atoms with E-state index in [2.05, 4.69) is 0 Å². The largest absolute Gasteiger partial charge is 0.480 e. The summed E-state index contributed by atoms with van der Waals surface area (Å²) in [6.45, 7) is 0.522. The Hall–Kier alpha value is -2.16. The Morgan fingerprint density at radius 1 is 1.27 bits per heavy atom. The molecule has 0 bridgehead atoms. The lowest BCUT2D eigenvalue weighted by molar-refractivity contribution is -0.147. The number of piperidine rings is 1. The number of rotatable bonds is 5. The van der Waals surface area contributed by atoms with Crippen molar-refractivity contribution in [1.82, 2.24) is 9.80 Å². The average Bonchev–Trinajstić information content (AvgIpc) is 2.58. The normalized spacial score (nSPS) is 17.7. The number of carbonyl (C=O) groups is 2. The van der Waals surface area contributed by atoms with E-state index in [0.717, 1.165) is 12.1 Å². The van der Waals surface area contributed by atoms with E-state index < -0.39 is 48.1 Å². The molecule has 26 heavy (non-hydrogen) atoms. The summed E-state index contributed by atoms with van der Waals surface area (Å²) in [6, 6.07) is 3.43. The minimum absolute atomic E-state index is 0.188. The van der Waals surface area contributed by atoms with Gasteiger partial charge in [0.05, 0.1) is 5.56 Å². The van der Waals surface area contributed by atoms with Crippen LogP contribution in [-0.2, 0) is 4.79 Å². The van der Waals surface area contributed by atoms with Gasteiger partial charge >= 0.3 is 12.1 Å². The standard InChI is InChI=1S/C17H20F4N2O3/c1-11(16(25)26)22-8-6-12(7-9-22)23(10-17(19,20)21)15(24)13-4-2-3-5-14(13)18/h2-5,11-12H,6-10H2,1H3,(H,25,26)/t11-/m0/s1. The zero-order valence-electron chi connectivity index (χ0n) is 14.2. The molecule has 2 rings (SSSR count). The lowest BCUT2D eigenvalue weighted by Crippen LogP contribution is -2.53. The van der Waals surface area contributed by atoms with Crippen LogP contribution < -0.4 is 0 Å². The van der Waals surface area contributed by atoms with E-state index in [-0.39, 0.29) is 25.9 Å². The van der Waals surface area contributed by atoms with Crippen molar-refractivity contribution >= 4 is 11.9 Å². The first kappa shape index (κ1) is 20.2. The molecule has 1 fully saturated rings. The third kappa shape index (κ3) is 4.94. The number of benzene rings is 1. The second-order valence-electron chi connectivity index (χ2n) is 6.31. The summed E-state index contributed by atoms with van der Waals surface area (Å²) in [7, 11) is 0. The van der Waals surface area contributed by atoms with Crippen LogP contribution in [0.1, 0.15) is 30.1 Å². The average molecular weight is 376 g/mol. The number of carboxylic acid groups (broad SMARTS) is 1. The number of amides is 1. The van der Waals surface area contributed by atoms with Gasteiger partial charge in [-0.1, -0.05) is 12.1 Å². The third-order valence-corrected chi connectivity index (χ3v) is 4.56. The van der Waals surface area contributed by atoms with Gasteiger partial charge in [-0.2, -0.15) is 13.2 Å². The topological polar surface area (TPSA) is 60.9 Å². The molecule has 1 aliphatic heterocycles. The Balaban J connectivity index is 2.17. The molecule has 1 saturated heterocycles. The fourth-order valence-corrected chi connectivity index (χ4v) is 3.09. The predicted octanol–water partition coefficient (Wildman–Crippen LogP) is 2.77. The van der Waals surface area contributed by atoms with Gasteiger partial charge in [0.2, 0.25) is 0 Å². The van der Waals surface area contributed by atoms with E-state index in [9.17, 15) is 27.2 Å². The van der Waals surface area contributed by atoms with Crippen LogP contribution in [0.15, 0.2) is 24.3 Å². The summed E-state index contributed by atoms with van der Waals surface area (Å²) >= 11 is 0. The highest BCUT2D eigenvalue weighted by molar-refractivity contribution is 5.94. The SMILES string of the molecule is C[C@@H](C(=O)O)N1CCC(N(CC(F)(F)F)C(=O)c2ccccc2F)CC1. The van der Waals surface area contributed by atoms with Crippen molar-refractivity contribution in [2.24, 2.45) is 0 Å². The summed E-state index contributed by atoms with van der Waals surface area (Å²) in [5, 5.41) is 9.03. The molecule has 0 saturated carbocycles. The van der Waals surface area contributed by atoms with Crippen molar-refractivity contribution in [1.29, 1.82) is 0 Å². The highest BCUT2D eigenvalue weighted by Crippen LogP contribution is 2.26. The quantitative estimate of drug-likeness (QED) is 0.803. The molecule has 1 amide bonds. The maximum atomic E-state index is 13.9. The van der Waals surface area contributed by atoms with E-state index in [1.807, 2.05) is 0 Å².